The first-order valence-corrected chi connectivity index (χ1v) is 13.4. The minimum Gasteiger partial charge on any atom is -0.488 e. The van der Waals surface area contributed by atoms with E-state index in [1.807, 2.05) is 0 Å². The number of aryl methyl sites for hydroxylation is 1. The Morgan fingerprint density at radius 1 is 1.38 bits per heavy atom. The summed E-state index contributed by atoms with van der Waals surface area (Å²) in [7, 11) is 1.46. The number of carbonyl (C=O) groups excluding carboxylic acids is 2. The summed E-state index contributed by atoms with van der Waals surface area (Å²) in [5.41, 5.74) is 3.08. The summed E-state index contributed by atoms with van der Waals surface area (Å²) >= 11 is 3.06. The van der Waals surface area contributed by atoms with Crippen LogP contribution in [0.3, 0.4) is 0 Å². The van der Waals surface area contributed by atoms with Gasteiger partial charge in [-0.3, -0.25) is 19.2 Å². The van der Waals surface area contributed by atoms with Crippen LogP contribution in [-0.2, 0) is 26.3 Å². The Bertz CT molecular complexity index is 1330. The average molecular weight is 572 g/mol. The number of nitrogens with one attached hydrogen (secondary N) is 1. The maximum Gasteiger partial charge on any atom is 0.336 e. The number of thioether (sulfide) groups is 2. The molecule has 19 heteroatoms. The zero-order valence-electron chi connectivity index (χ0n) is 19.4. The number of hydrogen-bond donors (Lipinski definition) is 4. The summed E-state index contributed by atoms with van der Waals surface area (Å²) in [6.45, 7) is 1.75. The number of hydrogen-bond acceptors (Lipinski definition) is 15. The predicted molar refractivity (Wildman–Crippen MR) is 132 cm³/mol. The second kappa shape index (κ2) is 10.5. The lowest BCUT2D eigenvalue weighted by molar-refractivity contribution is -0.157. The van der Waals surface area contributed by atoms with E-state index in [4.69, 9.17) is 10.6 Å². The smallest absolute Gasteiger partial charge is 0.336 e. The molecule has 2 fully saturated rings. The van der Waals surface area contributed by atoms with Crippen molar-refractivity contribution in [3.63, 3.8) is 0 Å². The van der Waals surface area contributed by atoms with Gasteiger partial charge in [-0.2, -0.15) is 14.3 Å². The van der Waals surface area contributed by atoms with Gasteiger partial charge in [0.05, 0.1) is 0 Å². The second-order valence-corrected chi connectivity index (χ2v) is 10.8. The van der Waals surface area contributed by atoms with Gasteiger partial charge < -0.3 is 31.0 Å². The number of oxime groups is 1. The van der Waals surface area contributed by atoms with Crippen molar-refractivity contribution in [2.24, 2.45) is 17.6 Å². The van der Waals surface area contributed by atoms with Crippen LogP contribution in [-0.4, -0.2) is 98.8 Å². The first-order valence-electron chi connectivity index (χ1n) is 10.6. The minimum absolute atomic E-state index is 0.0162. The highest BCUT2D eigenvalue weighted by Gasteiger charge is 2.57. The summed E-state index contributed by atoms with van der Waals surface area (Å²) in [4.78, 5) is 63.7. The van der Waals surface area contributed by atoms with E-state index in [1.54, 1.807) is 6.92 Å². The monoisotopic (exact) mass is 571 g/mol. The normalized spacial score (nSPS) is 23.2. The number of nitrogens with two attached hydrogens (primary N) is 1. The van der Waals surface area contributed by atoms with Crippen LogP contribution in [0, 0.1) is 5.41 Å². The standard InChI is InChI=1S/C18H21N9O7S3/c1-3-34-24-7(9-21-16(19)37-25-9)10(28)20-8-13(31)27-4-18(15(32)33,5-35-14(8)27)6-36-17-22-11(29)12(30)23-26(17)2/h8,14H,3-6H2,1-2H3,(H,20,28)(H,23,30)(H,32,33)(H2,19,21,25)/t8?,14-,18?/m1/s1. The molecule has 0 radical (unpaired) electrons. The number of fused-ring (bicyclic) bond motifs is 1. The molecule has 2 saturated heterocycles. The van der Waals surface area contributed by atoms with E-state index in [9.17, 15) is 29.4 Å². The quantitative estimate of drug-likeness (QED) is 0.114. The van der Waals surface area contributed by atoms with Crippen molar-refractivity contribution < 1.29 is 29.4 Å². The number of aromatic nitrogens is 5. The van der Waals surface area contributed by atoms with Crippen molar-refractivity contribution in [2.45, 2.75) is 23.5 Å². The Labute approximate surface area is 220 Å². The van der Waals surface area contributed by atoms with Gasteiger partial charge in [-0.05, 0) is 6.92 Å². The minimum atomic E-state index is -1.35. The molecule has 0 saturated carbocycles. The number of β-lactam (4-membered cyclic amide) rings is 1. The van der Waals surface area contributed by atoms with E-state index in [-0.39, 0.29) is 46.5 Å². The molecule has 4 heterocycles. The number of nitrogen functional groups attached to an aromatic ring is 1. The lowest BCUT2D eigenvalue weighted by Gasteiger charge is -2.53. The SMILES string of the molecule is CCON=C(C(=O)NC1C(=O)N2CC(CSc3nc(=O)c(O)nn3C)(C(=O)O)CS[C@H]12)c1nsc(N)n1. The summed E-state index contributed by atoms with van der Waals surface area (Å²) < 4.78 is 5.13. The highest BCUT2D eigenvalue weighted by atomic mass is 32.2. The van der Waals surface area contributed by atoms with Gasteiger partial charge in [-0.1, -0.05) is 16.9 Å². The predicted octanol–water partition coefficient (Wildman–Crippen LogP) is -1.68. The molecule has 198 valence electrons. The van der Waals surface area contributed by atoms with E-state index in [0.717, 1.165) is 23.3 Å². The lowest BCUT2D eigenvalue weighted by atomic mass is 9.89. The molecule has 0 aliphatic carbocycles. The van der Waals surface area contributed by atoms with Gasteiger partial charge in [0.25, 0.3) is 11.8 Å². The fourth-order valence-electron chi connectivity index (χ4n) is 3.53. The summed E-state index contributed by atoms with van der Waals surface area (Å²) in [5.74, 6) is -3.01. The van der Waals surface area contributed by atoms with E-state index < -0.39 is 46.1 Å². The third kappa shape index (κ3) is 5.18. The van der Waals surface area contributed by atoms with Crippen molar-refractivity contribution in [1.29, 1.82) is 0 Å². The molecule has 0 bridgehead atoms. The third-order valence-corrected chi connectivity index (χ3v) is 8.87. The summed E-state index contributed by atoms with van der Waals surface area (Å²) in [6.07, 6.45) is 0. The molecule has 2 aromatic rings. The van der Waals surface area contributed by atoms with Crippen LogP contribution in [0.2, 0.25) is 0 Å². The molecule has 3 atom stereocenters. The summed E-state index contributed by atoms with van der Waals surface area (Å²) in [5, 5.41) is 29.2. The topological polar surface area (TPSA) is 228 Å². The average Bonchev–Trinajstić information content (AvgIpc) is 3.29. The molecule has 2 aromatic heterocycles. The molecular formula is C18H21N9O7S3. The van der Waals surface area contributed by atoms with Gasteiger partial charge >= 0.3 is 11.5 Å². The van der Waals surface area contributed by atoms with Crippen molar-refractivity contribution in [3.8, 4) is 5.88 Å². The van der Waals surface area contributed by atoms with Crippen LogP contribution in [0.1, 0.15) is 12.7 Å². The molecule has 2 aliphatic rings. The van der Waals surface area contributed by atoms with E-state index in [0.29, 0.717) is 0 Å². The molecular weight excluding hydrogens is 550 g/mol. The molecule has 2 amide bonds. The van der Waals surface area contributed by atoms with Gasteiger partial charge in [0.15, 0.2) is 10.3 Å². The number of carboxylic acid groups (broad SMARTS) is 1. The Balaban J connectivity index is 1.45. The fraction of sp³-hybridized carbons (Fsp3) is 0.500. The molecule has 5 N–H and O–H groups in total. The highest BCUT2D eigenvalue weighted by molar-refractivity contribution is 8.00. The number of aromatic hydroxyl groups is 1. The van der Waals surface area contributed by atoms with E-state index in [1.165, 1.54) is 28.4 Å². The van der Waals surface area contributed by atoms with E-state index >= 15 is 0 Å². The number of nitrogens with zero attached hydrogens (tertiary/aromatic N) is 7. The Morgan fingerprint density at radius 3 is 2.78 bits per heavy atom. The van der Waals surface area contributed by atoms with Gasteiger partial charge in [0, 0.05) is 36.6 Å². The largest absolute Gasteiger partial charge is 0.488 e. The van der Waals surface area contributed by atoms with Gasteiger partial charge in [-0.15, -0.1) is 16.9 Å². The Morgan fingerprint density at radius 2 is 2.14 bits per heavy atom. The van der Waals surface area contributed by atoms with Crippen LogP contribution < -0.4 is 16.6 Å². The number of rotatable bonds is 9. The maximum absolute atomic E-state index is 12.9. The second-order valence-electron chi connectivity index (χ2n) is 7.95. The van der Waals surface area contributed by atoms with Crippen LogP contribution in [0.4, 0.5) is 5.13 Å². The van der Waals surface area contributed by atoms with E-state index in [2.05, 4.69) is 29.9 Å². The zero-order chi connectivity index (χ0) is 26.9. The Kier molecular flexibility index (Phi) is 7.55. The number of carbonyl (C=O) groups is 3. The van der Waals surface area contributed by atoms with Crippen molar-refractivity contribution in [3.05, 3.63) is 16.2 Å². The summed E-state index contributed by atoms with van der Waals surface area (Å²) in [6, 6.07) is -0.913. The van der Waals surface area contributed by atoms with Crippen LogP contribution >= 0.6 is 35.1 Å². The first kappa shape index (κ1) is 26.6. The molecule has 37 heavy (non-hydrogen) atoms. The Hall–Kier alpha value is -3.45. The zero-order valence-corrected chi connectivity index (χ0v) is 21.8. The highest BCUT2D eigenvalue weighted by Crippen LogP contribution is 2.44. The lowest BCUT2D eigenvalue weighted by Crippen LogP contribution is -2.74. The van der Waals surface area contributed by atoms with Crippen molar-refractivity contribution in [1.82, 2.24) is 34.3 Å². The number of carboxylic acids is 1. The van der Waals surface area contributed by atoms with Crippen LogP contribution in [0.15, 0.2) is 15.1 Å². The third-order valence-electron chi connectivity index (χ3n) is 5.43. The molecule has 0 spiro atoms. The maximum atomic E-state index is 12.9. The molecule has 0 aromatic carbocycles. The molecule has 2 aliphatic heterocycles. The fourth-order valence-corrected chi connectivity index (χ4v) is 6.73. The van der Waals surface area contributed by atoms with Gasteiger partial charge in [0.2, 0.25) is 17.4 Å². The number of aliphatic carboxylic acids is 1. The number of anilines is 1. The van der Waals surface area contributed by atoms with Crippen molar-refractivity contribution in [2.75, 3.05) is 30.4 Å². The van der Waals surface area contributed by atoms with Gasteiger partial charge in [0.1, 0.15) is 23.4 Å². The van der Waals surface area contributed by atoms with Crippen LogP contribution in [0.25, 0.3) is 0 Å². The number of amides is 2. The molecule has 16 nitrogen and oxygen atoms in total. The molecule has 2 unspecified atom stereocenters. The van der Waals surface area contributed by atoms with Crippen LogP contribution in [0.5, 0.6) is 5.88 Å². The van der Waals surface area contributed by atoms with Gasteiger partial charge in [-0.25, -0.2) is 4.68 Å². The van der Waals surface area contributed by atoms with Crippen molar-refractivity contribution >= 4 is 63.7 Å². The first-order chi connectivity index (χ1) is 17.6. The molecule has 4 rings (SSSR count).